The monoisotopic (exact) mass is 436 g/mol. The van der Waals surface area contributed by atoms with Gasteiger partial charge in [-0.3, -0.25) is 14.0 Å². The van der Waals surface area contributed by atoms with Gasteiger partial charge in [0.1, 0.15) is 23.3 Å². The van der Waals surface area contributed by atoms with Gasteiger partial charge in [0.2, 0.25) is 0 Å². The van der Waals surface area contributed by atoms with Crippen molar-refractivity contribution in [3.63, 3.8) is 0 Å². The van der Waals surface area contributed by atoms with E-state index >= 15 is 0 Å². The molecule has 4 aliphatic rings. The molecule has 9 heteroatoms. The number of ether oxygens (including phenoxy) is 2. The first-order valence-corrected chi connectivity index (χ1v) is 11.1. The number of rotatable bonds is 4. The second kappa shape index (κ2) is 6.62. The van der Waals surface area contributed by atoms with Crippen LogP contribution in [0.3, 0.4) is 0 Å². The Hall–Kier alpha value is -2.78. The highest BCUT2D eigenvalue weighted by Gasteiger charge is 2.70. The lowest BCUT2D eigenvalue weighted by Crippen LogP contribution is -2.70. The minimum atomic E-state index is -0.0796. The minimum Gasteiger partial charge on any atom is -0.378 e. The third-order valence-electron chi connectivity index (χ3n) is 7.68. The molecular weight excluding hydrogens is 408 g/mol. The predicted octanol–water partition coefficient (Wildman–Crippen LogP) is 1.77. The predicted molar refractivity (Wildman–Crippen MR) is 119 cm³/mol. The largest absolute Gasteiger partial charge is 0.378 e. The van der Waals surface area contributed by atoms with Crippen LogP contribution in [0.25, 0.3) is 10.9 Å². The number of pyridine rings is 1. The summed E-state index contributed by atoms with van der Waals surface area (Å²) in [6, 6.07) is 1.91. The molecule has 4 heterocycles. The lowest BCUT2D eigenvalue weighted by molar-refractivity contribution is -0.232. The molecule has 1 atom stereocenters. The van der Waals surface area contributed by atoms with Crippen LogP contribution in [0, 0.1) is 6.92 Å². The maximum atomic E-state index is 13.2. The van der Waals surface area contributed by atoms with E-state index in [-0.39, 0.29) is 22.7 Å². The number of anilines is 1. The molecule has 32 heavy (non-hydrogen) atoms. The molecule has 2 bridgehead atoms. The van der Waals surface area contributed by atoms with Gasteiger partial charge in [0.05, 0.1) is 29.5 Å². The summed E-state index contributed by atoms with van der Waals surface area (Å²) in [7, 11) is 5.47. The van der Waals surface area contributed by atoms with Crippen LogP contribution in [0.4, 0.5) is 5.82 Å². The third kappa shape index (κ3) is 2.70. The topological polar surface area (TPSA) is 87.3 Å². The van der Waals surface area contributed by atoms with E-state index in [1.165, 1.54) is 0 Å². The summed E-state index contributed by atoms with van der Waals surface area (Å²) < 4.78 is 15.2. The average Bonchev–Trinajstić information content (AvgIpc) is 3.17. The van der Waals surface area contributed by atoms with Gasteiger partial charge in [0.25, 0.3) is 5.56 Å². The van der Waals surface area contributed by atoms with Crippen molar-refractivity contribution in [3.05, 3.63) is 45.9 Å². The van der Waals surface area contributed by atoms with E-state index in [1.54, 1.807) is 23.4 Å². The zero-order valence-electron chi connectivity index (χ0n) is 19.0. The molecule has 4 fully saturated rings. The highest BCUT2D eigenvalue weighted by atomic mass is 16.5. The average molecular weight is 437 g/mol. The van der Waals surface area contributed by atoms with Gasteiger partial charge in [-0.15, -0.1) is 0 Å². The van der Waals surface area contributed by atoms with Crippen LogP contribution < -0.4 is 10.5 Å². The van der Waals surface area contributed by atoms with E-state index in [9.17, 15) is 4.79 Å². The molecule has 0 N–H and O–H groups in total. The molecule has 9 nitrogen and oxygen atoms in total. The summed E-state index contributed by atoms with van der Waals surface area (Å²) >= 11 is 0. The maximum absolute atomic E-state index is 13.2. The second-order valence-electron chi connectivity index (χ2n) is 9.70. The molecule has 0 unspecified atom stereocenters. The normalized spacial score (nSPS) is 29.1. The van der Waals surface area contributed by atoms with Gasteiger partial charge in [0, 0.05) is 51.5 Å². The van der Waals surface area contributed by atoms with Gasteiger partial charge in [-0.25, -0.2) is 9.97 Å². The number of hydrogen-bond acceptors (Lipinski definition) is 7. The van der Waals surface area contributed by atoms with Gasteiger partial charge in [-0.1, -0.05) is 0 Å². The smallest absolute Gasteiger partial charge is 0.261 e. The molecule has 3 aliphatic carbocycles. The fourth-order valence-electron chi connectivity index (χ4n) is 5.73. The second-order valence-corrected chi connectivity index (χ2v) is 9.70. The summed E-state index contributed by atoms with van der Waals surface area (Å²) in [5.41, 5.74) is 2.68. The van der Waals surface area contributed by atoms with E-state index in [0.29, 0.717) is 24.4 Å². The van der Waals surface area contributed by atoms with Crippen LogP contribution in [-0.4, -0.2) is 56.7 Å². The lowest BCUT2D eigenvalue weighted by Gasteiger charge is -2.69. The van der Waals surface area contributed by atoms with Crippen molar-refractivity contribution in [2.75, 3.05) is 31.7 Å². The maximum Gasteiger partial charge on any atom is 0.261 e. The van der Waals surface area contributed by atoms with E-state index < -0.39 is 0 Å². The number of aryl methyl sites for hydroxylation is 2. The van der Waals surface area contributed by atoms with E-state index in [1.807, 2.05) is 32.4 Å². The van der Waals surface area contributed by atoms with Crippen molar-refractivity contribution in [2.24, 2.45) is 14.1 Å². The first kappa shape index (κ1) is 19.9. The van der Waals surface area contributed by atoms with Crippen LogP contribution in [-0.2, 0) is 29.0 Å². The first-order chi connectivity index (χ1) is 15.3. The molecule has 0 amide bonds. The summed E-state index contributed by atoms with van der Waals surface area (Å²) in [5.74, 6) is 1.53. The standard InChI is InChI=1S/C23H28N6O3/c1-14-25-19-16(21(30)28(14)3)7-18(26-20(19)22-11-23(12-22,13-22)31-4)29-5-6-32-17(10-29)15-8-24-27(2)9-15/h7-9,17H,5-6,10-13H2,1-4H3/t17-,22?,23?/m0/s1. The Morgan fingerprint density at radius 1 is 1.22 bits per heavy atom. The van der Waals surface area contributed by atoms with E-state index in [4.69, 9.17) is 19.4 Å². The lowest BCUT2D eigenvalue weighted by atomic mass is 9.40. The number of aromatic nitrogens is 5. The summed E-state index contributed by atoms with van der Waals surface area (Å²) in [5, 5.41) is 4.92. The molecule has 0 radical (unpaired) electrons. The number of fused-ring (bicyclic) bond motifs is 1. The van der Waals surface area contributed by atoms with Crippen LogP contribution in [0.5, 0.6) is 0 Å². The molecule has 7 rings (SSSR count). The molecular formula is C23H28N6O3. The van der Waals surface area contributed by atoms with Crippen LogP contribution >= 0.6 is 0 Å². The van der Waals surface area contributed by atoms with Crippen molar-refractivity contribution in [1.29, 1.82) is 0 Å². The summed E-state index contributed by atoms with van der Waals surface area (Å²) in [4.78, 5) is 25.4. The molecule has 0 aromatic carbocycles. The van der Waals surface area contributed by atoms with Crippen LogP contribution in [0.1, 0.15) is 42.4 Å². The van der Waals surface area contributed by atoms with Crippen LogP contribution in [0.2, 0.25) is 0 Å². The van der Waals surface area contributed by atoms with Gasteiger partial charge < -0.3 is 14.4 Å². The fourth-order valence-corrected chi connectivity index (χ4v) is 5.73. The third-order valence-corrected chi connectivity index (χ3v) is 7.68. The van der Waals surface area contributed by atoms with Crippen LogP contribution in [0.15, 0.2) is 23.3 Å². The Kier molecular flexibility index (Phi) is 4.11. The zero-order valence-corrected chi connectivity index (χ0v) is 19.0. The van der Waals surface area contributed by atoms with Gasteiger partial charge in [-0.05, 0) is 32.3 Å². The number of morpholine rings is 1. The molecule has 1 aliphatic heterocycles. The number of hydrogen-bond donors (Lipinski definition) is 0. The highest BCUT2D eigenvalue weighted by molar-refractivity contribution is 5.84. The quantitative estimate of drug-likeness (QED) is 0.616. The molecule has 0 spiro atoms. The minimum absolute atomic E-state index is 0.0108. The summed E-state index contributed by atoms with van der Waals surface area (Å²) in [6.45, 7) is 3.86. The number of methoxy groups -OCH3 is 1. The SMILES string of the molecule is COC12CC(c3nc(N4CCO[C@H](c5cnn(C)c5)C4)cc4c(=O)n(C)c(C)nc34)(C1)C2. The Morgan fingerprint density at radius 3 is 2.69 bits per heavy atom. The molecule has 3 saturated carbocycles. The first-order valence-electron chi connectivity index (χ1n) is 11.1. The van der Waals surface area contributed by atoms with Crippen molar-refractivity contribution in [1.82, 2.24) is 24.3 Å². The Balaban J connectivity index is 1.44. The van der Waals surface area contributed by atoms with Crippen molar-refractivity contribution in [2.45, 2.75) is 43.3 Å². The molecule has 168 valence electrons. The van der Waals surface area contributed by atoms with E-state index in [2.05, 4.69) is 10.00 Å². The molecule has 3 aromatic rings. The highest BCUT2D eigenvalue weighted by Crippen LogP contribution is 2.69. The van der Waals surface area contributed by atoms with Crippen molar-refractivity contribution in [3.8, 4) is 0 Å². The Morgan fingerprint density at radius 2 is 2.00 bits per heavy atom. The molecule has 3 aromatic heterocycles. The Bertz CT molecular complexity index is 1280. The van der Waals surface area contributed by atoms with Gasteiger partial charge in [0.15, 0.2) is 0 Å². The number of nitrogens with zero attached hydrogens (tertiary/aromatic N) is 6. The Labute approximate surface area is 186 Å². The van der Waals surface area contributed by atoms with Crippen molar-refractivity contribution < 1.29 is 9.47 Å². The van der Waals surface area contributed by atoms with E-state index in [0.717, 1.165) is 48.4 Å². The molecule has 1 saturated heterocycles. The van der Waals surface area contributed by atoms with Crippen molar-refractivity contribution >= 4 is 16.7 Å². The zero-order chi connectivity index (χ0) is 22.3. The van der Waals surface area contributed by atoms with Gasteiger partial charge in [-0.2, -0.15) is 5.10 Å². The summed E-state index contributed by atoms with van der Waals surface area (Å²) in [6.07, 6.45) is 6.59. The fraction of sp³-hybridized carbons (Fsp3) is 0.565. The van der Waals surface area contributed by atoms with Gasteiger partial charge >= 0.3 is 0 Å².